The van der Waals surface area contributed by atoms with Crippen molar-refractivity contribution in [1.29, 1.82) is 0 Å². The van der Waals surface area contributed by atoms with Crippen LogP contribution in [0.15, 0.2) is 71.5 Å². The van der Waals surface area contributed by atoms with E-state index in [0.29, 0.717) is 18.1 Å². The molecule has 0 fully saturated rings. The molecular weight excluding hydrogens is 368 g/mol. The molecule has 6 heteroatoms. The predicted octanol–water partition coefficient (Wildman–Crippen LogP) is 4.10. The number of hydrogen-bond donors (Lipinski definition) is 2. The normalized spacial score (nSPS) is 10.2. The van der Waals surface area contributed by atoms with Crippen LogP contribution < -0.4 is 10.6 Å². The van der Waals surface area contributed by atoms with Gasteiger partial charge in [-0.3, -0.25) is 4.79 Å². The molecule has 5 nitrogen and oxygen atoms in total. The van der Waals surface area contributed by atoms with E-state index in [1.54, 1.807) is 6.20 Å². The van der Waals surface area contributed by atoms with Gasteiger partial charge in [-0.25, -0.2) is 9.97 Å². The summed E-state index contributed by atoms with van der Waals surface area (Å²) in [5.74, 6) is 0.332. The Balaban J connectivity index is 1.59. The van der Waals surface area contributed by atoms with Gasteiger partial charge in [-0.2, -0.15) is 0 Å². The molecule has 0 spiro atoms. The first-order valence-electron chi connectivity index (χ1n) is 7.37. The lowest BCUT2D eigenvalue weighted by molar-refractivity contribution is 0.102. The minimum Gasteiger partial charge on any atom is -0.365 e. The van der Waals surface area contributed by atoms with Crippen molar-refractivity contribution in [3.8, 4) is 0 Å². The maximum absolute atomic E-state index is 12.1. The Morgan fingerprint density at radius 1 is 0.958 bits per heavy atom. The standard InChI is InChI=1S/C18H15BrN4O/c19-14-6-8-15(9-7-14)23-18(24)16-11-22-17(12-20-16)21-10-13-4-2-1-3-5-13/h1-9,11-12H,10H2,(H,21,22)(H,23,24). The fourth-order valence-corrected chi connectivity index (χ4v) is 2.32. The van der Waals surface area contributed by atoms with Gasteiger partial charge in [-0.1, -0.05) is 46.3 Å². The Labute approximate surface area is 148 Å². The van der Waals surface area contributed by atoms with Crippen LogP contribution in [0.1, 0.15) is 16.1 Å². The molecule has 2 N–H and O–H groups in total. The summed E-state index contributed by atoms with van der Waals surface area (Å²) in [7, 11) is 0. The highest BCUT2D eigenvalue weighted by molar-refractivity contribution is 9.10. The quantitative estimate of drug-likeness (QED) is 0.696. The molecule has 0 atom stereocenters. The number of hydrogen-bond acceptors (Lipinski definition) is 4. The largest absolute Gasteiger partial charge is 0.365 e. The van der Waals surface area contributed by atoms with Gasteiger partial charge in [-0.15, -0.1) is 0 Å². The molecule has 0 aliphatic heterocycles. The monoisotopic (exact) mass is 382 g/mol. The molecule has 0 bridgehead atoms. The Bertz CT molecular complexity index is 805. The number of rotatable bonds is 5. The molecule has 3 aromatic rings. The predicted molar refractivity (Wildman–Crippen MR) is 97.9 cm³/mol. The summed E-state index contributed by atoms with van der Waals surface area (Å²) in [6.45, 7) is 0.653. The molecule has 0 saturated carbocycles. The van der Waals surface area contributed by atoms with Gasteiger partial charge in [0.25, 0.3) is 5.91 Å². The lowest BCUT2D eigenvalue weighted by Crippen LogP contribution is -2.14. The SMILES string of the molecule is O=C(Nc1ccc(Br)cc1)c1cnc(NCc2ccccc2)cn1. The summed E-state index contributed by atoms with van der Waals surface area (Å²) in [6.07, 6.45) is 3.01. The van der Waals surface area contributed by atoms with Gasteiger partial charge >= 0.3 is 0 Å². The molecule has 1 heterocycles. The Hall–Kier alpha value is -2.73. The van der Waals surface area contributed by atoms with Crippen molar-refractivity contribution in [3.05, 3.63) is 82.7 Å². The molecule has 3 rings (SSSR count). The fraction of sp³-hybridized carbons (Fsp3) is 0.0556. The van der Waals surface area contributed by atoms with E-state index in [1.165, 1.54) is 6.20 Å². The summed E-state index contributed by atoms with van der Waals surface area (Å²) in [4.78, 5) is 20.5. The van der Waals surface area contributed by atoms with Crippen molar-refractivity contribution >= 4 is 33.3 Å². The van der Waals surface area contributed by atoms with Crippen molar-refractivity contribution in [2.75, 3.05) is 10.6 Å². The molecular formula is C18H15BrN4O. The first kappa shape index (κ1) is 16.1. The maximum atomic E-state index is 12.1. The van der Waals surface area contributed by atoms with Crippen LogP contribution in [0, 0.1) is 0 Å². The van der Waals surface area contributed by atoms with E-state index in [2.05, 4.69) is 36.5 Å². The van der Waals surface area contributed by atoms with Crippen LogP contribution in [0.4, 0.5) is 11.5 Å². The van der Waals surface area contributed by atoms with Gasteiger partial charge in [0.15, 0.2) is 0 Å². The summed E-state index contributed by atoms with van der Waals surface area (Å²) >= 11 is 3.35. The van der Waals surface area contributed by atoms with E-state index in [0.717, 1.165) is 10.0 Å². The lowest BCUT2D eigenvalue weighted by Gasteiger charge is -2.07. The summed E-state index contributed by atoms with van der Waals surface area (Å²) in [5.41, 5.74) is 2.12. The van der Waals surface area contributed by atoms with Crippen LogP contribution in [0.2, 0.25) is 0 Å². The molecule has 0 saturated heterocycles. The molecule has 0 radical (unpaired) electrons. The Kier molecular flexibility index (Phi) is 5.18. The highest BCUT2D eigenvalue weighted by Crippen LogP contribution is 2.15. The third kappa shape index (κ3) is 4.39. The second kappa shape index (κ2) is 7.70. The number of amides is 1. The number of anilines is 2. The van der Waals surface area contributed by atoms with Crippen LogP contribution in [0.5, 0.6) is 0 Å². The molecule has 1 aromatic heterocycles. The van der Waals surface area contributed by atoms with E-state index >= 15 is 0 Å². The highest BCUT2D eigenvalue weighted by atomic mass is 79.9. The number of carbonyl (C=O) groups is 1. The molecule has 0 unspecified atom stereocenters. The van der Waals surface area contributed by atoms with Crippen molar-refractivity contribution in [2.45, 2.75) is 6.54 Å². The van der Waals surface area contributed by atoms with E-state index in [1.807, 2.05) is 54.6 Å². The number of nitrogens with one attached hydrogen (secondary N) is 2. The van der Waals surface area contributed by atoms with Gasteiger partial charge in [0.1, 0.15) is 11.5 Å². The summed E-state index contributed by atoms with van der Waals surface area (Å²) in [6, 6.07) is 17.3. The van der Waals surface area contributed by atoms with Gasteiger partial charge in [0.2, 0.25) is 0 Å². The van der Waals surface area contributed by atoms with E-state index < -0.39 is 0 Å². The third-order valence-electron chi connectivity index (χ3n) is 3.30. The molecule has 1 amide bonds. The van der Waals surface area contributed by atoms with Crippen molar-refractivity contribution in [1.82, 2.24) is 9.97 Å². The second-order valence-electron chi connectivity index (χ2n) is 5.09. The van der Waals surface area contributed by atoms with Crippen molar-refractivity contribution in [2.24, 2.45) is 0 Å². The van der Waals surface area contributed by atoms with Crippen LogP contribution in [-0.2, 0) is 6.54 Å². The average Bonchev–Trinajstić information content (AvgIpc) is 2.63. The molecule has 0 aliphatic carbocycles. The van der Waals surface area contributed by atoms with Gasteiger partial charge in [0, 0.05) is 16.7 Å². The fourth-order valence-electron chi connectivity index (χ4n) is 2.05. The molecule has 0 aliphatic rings. The van der Waals surface area contributed by atoms with E-state index in [-0.39, 0.29) is 11.6 Å². The summed E-state index contributed by atoms with van der Waals surface area (Å²) < 4.78 is 0.953. The number of nitrogens with zero attached hydrogens (tertiary/aromatic N) is 2. The molecule has 2 aromatic carbocycles. The maximum Gasteiger partial charge on any atom is 0.275 e. The first-order chi connectivity index (χ1) is 11.7. The topological polar surface area (TPSA) is 66.9 Å². The van der Waals surface area contributed by atoms with Crippen molar-refractivity contribution in [3.63, 3.8) is 0 Å². The number of halogens is 1. The highest BCUT2D eigenvalue weighted by Gasteiger charge is 2.08. The first-order valence-corrected chi connectivity index (χ1v) is 8.17. The van der Waals surface area contributed by atoms with Crippen LogP contribution in [0.3, 0.4) is 0 Å². The zero-order valence-electron chi connectivity index (χ0n) is 12.7. The van der Waals surface area contributed by atoms with Gasteiger partial charge in [0.05, 0.1) is 12.4 Å². The van der Waals surface area contributed by atoms with E-state index in [4.69, 9.17) is 0 Å². The van der Waals surface area contributed by atoms with Crippen LogP contribution in [-0.4, -0.2) is 15.9 Å². The number of carbonyl (C=O) groups excluding carboxylic acids is 1. The molecule has 120 valence electrons. The zero-order chi connectivity index (χ0) is 16.8. The van der Waals surface area contributed by atoms with Crippen LogP contribution in [0.25, 0.3) is 0 Å². The van der Waals surface area contributed by atoms with Crippen LogP contribution >= 0.6 is 15.9 Å². The van der Waals surface area contributed by atoms with E-state index in [9.17, 15) is 4.79 Å². The number of benzene rings is 2. The Morgan fingerprint density at radius 3 is 2.38 bits per heavy atom. The zero-order valence-corrected chi connectivity index (χ0v) is 14.3. The van der Waals surface area contributed by atoms with Gasteiger partial charge in [-0.05, 0) is 29.8 Å². The second-order valence-corrected chi connectivity index (χ2v) is 6.00. The third-order valence-corrected chi connectivity index (χ3v) is 3.83. The average molecular weight is 383 g/mol. The minimum atomic E-state index is -0.292. The van der Waals surface area contributed by atoms with Crippen molar-refractivity contribution < 1.29 is 4.79 Å². The van der Waals surface area contributed by atoms with Gasteiger partial charge < -0.3 is 10.6 Å². The minimum absolute atomic E-state index is 0.267. The lowest BCUT2D eigenvalue weighted by atomic mass is 10.2. The summed E-state index contributed by atoms with van der Waals surface area (Å²) in [5, 5.41) is 5.95. The Morgan fingerprint density at radius 2 is 1.71 bits per heavy atom. The smallest absolute Gasteiger partial charge is 0.275 e. The molecule has 24 heavy (non-hydrogen) atoms. The number of aromatic nitrogens is 2.